The van der Waals surface area contributed by atoms with Crippen molar-refractivity contribution >= 4 is 11.9 Å². The van der Waals surface area contributed by atoms with Gasteiger partial charge in [-0.2, -0.15) is 0 Å². The largest absolute Gasteiger partial charge is 0.463 e. The molecule has 0 aliphatic carbocycles. The molecule has 1 fully saturated rings. The Hall–Kier alpha value is -1.80. The van der Waals surface area contributed by atoms with E-state index in [0.717, 1.165) is 6.42 Å². The molecule has 0 amide bonds. The molecule has 1 heterocycles. The van der Waals surface area contributed by atoms with Crippen molar-refractivity contribution in [3.8, 4) is 11.8 Å². The molecule has 1 saturated heterocycles. The average molecular weight is 308 g/mol. The van der Waals surface area contributed by atoms with Crippen molar-refractivity contribution in [2.75, 3.05) is 6.61 Å². The first-order valence-electron chi connectivity index (χ1n) is 7.58. The Bertz CT molecular complexity index is 485. The summed E-state index contributed by atoms with van der Waals surface area (Å²) in [7, 11) is 0. The molecule has 0 radical (unpaired) electrons. The lowest BCUT2D eigenvalue weighted by Gasteiger charge is -2.10. The van der Waals surface area contributed by atoms with Crippen LogP contribution in [0.1, 0.15) is 47.0 Å². The van der Waals surface area contributed by atoms with Crippen molar-refractivity contribution in [2.24, 2.45) is 0 Å². The topological polar surface area (TPSA) is 65.1 Å². The molecule has 3 unspecified atom stereocenters. The summed E-state index contributed by atoms with van der Waals surface area (Å²) in [5, 5.41) is 0. The summed E-state index contributed by atoms with van der Waals surface area (Å²) in [4.78, 5) is 22.2. The Balaban J connectivity index is 2.39. The van der Waals surface area contributed by atoms with E-state index in [-0.39, 0.29) is 18.0 Å². The molecule has 0 spiro atoms. The monoisotopic (exact) mass is 308 g/mol. The smallest absolute Gasteiger partial charge is 0.330 e. The third-order valence-electron chi connectivity index (χ3n) is 3.31. The van der Waals surface area contributed by atoms with Gasteiger partial charge < -0.3 is 14.2 Å². The molecule has 1 rings (SSSR count). The highest BCUT2D eigenvalue weighted by atomic mass is 16.6. The van der Waals surface area contributed by atoms with Gasteiger partial charge in [-0.3, -0.25) is 4.79 Å². The van der Waals surface area contributed by atoms with Gasteiger partial charge in [-0.15, -0.1) is 0 Å². The molecule has 22 heavy (non-hydrogen) atoms. The molecular formula is C17H24O5. The Labute approximate surface area is 132 Å². The molecule has 0 aromatic carbocycles. The normalized spacial score (nSPS) is 24.3. The van der Waals surface area contributed by atoms with Gasteiger partial charge in [0, 0.05) is 13.0 Å². The quantitative estimate of drug-likeness (QED) is 0.237. The molecule has 5 heteroatoms. The predicted molar refractivity (Wildman–Crippen MR) is 81.9 cm³/mol. The van der Waals surface area contributed by atoms with Crippen molar-refractivity contribution < 1.29 is 23.8 Å². The van der Waals surface area contributed by atoms with E-state index in [2.05, 4.69) is 11.8 Å². The van der Waals surface area contributed by atoms with Gasteiger partial charge in [0.15, 0.2) is 11.7 Å². The third-order valence-corrected chi connectivity index (χ3v) is 3.31. The van der Waals surface area contributed by atoms with Gasteiger partial charge in [-0.25, -0.2) is 4.79 Å². The van der Waals surface area contributed by atoms with E-state index in [4.69, 9.17) is 14.2 Å². The van der Waals surface area contributed by atoms with Crippen molar-refractivity contribution in [3.63, 3.8) is 0 Å². The molecule has 122 valence electrons. The molecule has 5 nitrogen and oxygen atoms in total. The highest BCUT2D eigenvalue weighted by Crippen LogP contribution is 2.34. The Morgan fingerprint density at radius 3 is 2.68 bits per heavy atom. The summed E-state index contributed by atoms with van der Waals surface area (Å²) in [6.45, 7) is 7.37. The van der Waals surface area contributed by atoms with Crippen LogP contribution in [-0.2, 0) is 23.8 Å². The number of unbranched alkanes of at least 4 members (excludes halogenated alkanes) is 1. The van der Waals surface area contributed by atoms with Crippen LogP contribution in [0.25, 0.3) is 0 Å². The Kier molecular flexibility index (Phi) is 7.13. The van der Waals surface area contributed by atoms with Crippen LogP contribution >= 0.6 is 0 Å². The summed E-state index contributed by atoms with van der Waals surface area (Å²) < 4.78 is 15.4. The second-order valence-corrected chi connectivity index (χ2v) is 5.32. The fourth-order valence-corrected chi connectivity index (χ4v) is 1.84. The molecular weight excluding hydrogens is 284 g/mol. The van der Waals surface area contributed by atoms with Gasteiger partial charge in [-0.1, -0.05) is 17.9 Å². The van der Waals surface area contributed by atoms with Gasteiger partial charge in [0.2, 0.25) is 0 Å². The van der Waals surface area contributed by atoms with E-state index in [1.807, 2.05) is 13.8 Å². The van der Waals surface area contributed by atoms with Crippen LogP contribution in [0.15, 0.2) is 12.2 Å². The van der Waals surface area contributed by atoms with Crippen LogP contribution in [0.2, 0.25) is 0 Å². The minimum atomic E-state index is -0.443. The van der Waals surface area contributed by atoms with Crippen LogP contribution in [-0.4, -0.2) is 36.4 Å². The Morgan fingerprint density at radius 2 is 2.14 bits per heavy atom. The van der Waals surface area contributed by atoms with E-state index >= 15 is 0 Å². The first-order valence-corrected chi connectivity index (χ1v) is 7.58. The SMILES string of the molecule is CCOC(=O)/C=C/CCCC(C#CC1(C)OC1C)OC(C)=O. The van der Waals surface area contributed by atoms with Crippen LogP contribution in [0, 0.1) is 11.8 Å². The Morgan fingerprint density at radius 1 is 1.45 bits per heavy atom. The highest BCUT2D eigenvalue weighted by molar-refractivity contribution is 5.81. The first kappa shape index (κ1) is 18.2. The lowest BCUT2D eigenvalue weighted by atomic mass is 10.1. The zero-order valence-electron chi connectivity index (χ0n) is 13.7. The highest BCUT2D eigenvalue weighted by Gasteiger charge is 2.47. The van der Waals surface area contributed by atoms with Crippen LogP contribution < -0.4 is 0 Å². The fourth-order valence-electron chi connectivity index (χ4n) is 1.84. The number of rotatable bonds is 7. The fraction of sp³-hybridized carbons (Fsp3) is 0.647. The second kappa shape index (κ2) is 8.60. The molecule has 3 atom stereocenters. The van der Waals surface area contributed by atoms with Crippen LogP contribution in [0.4, 0.5) is 0 Å². The van der Waals surface area contributed by atoms with Gasteiger partial charge in [0.1, 0.15) is 0 Å². The number of carbonyl (C=O) groups is 2. The van der Waals surface area contributed by atoms with Gasteiger partial charge >= 0.3 is 11.9 Å². The number of esters is 2. The summed E-state index contributed by atoms with van der Waals surface area (Å²) >= 11 is 0. The number of allylic oxidation sites excluding steroid dienone is 1. The minimum Gasteiger partial charge on any atom is -0.463 e. The maximum Gasteiger partial charge on any atom is 0.330 e. The third kappa shape index (κ3) is 6.77. The van der Waals surface area contributed by atoms with Gasteiger partial charge in [-0.05, 0) is 40.0 Å². The van der Waals surface area contributed by atoms with Crippen molar-refractivity contribution in [1.29, 1.82) is 0 Å². The van der Waals surface area contributed by atoms with Gasteiger partial charge in [0.25, 0.3) is 0 Å². The summed E-state index contributed by atoms with van der Waals surface area (Å²) in [6.07, 6.45) is 4.91. The average Bonchev–Trinajstić information content (AvgIpc) is 3.03. The second-order valence-electron chi connectivity index (χ2n) is 5.32. The summed E-state index contributed by atoms with van der Waals surface area (Å²) in [6, 6.07) is 0. The molecule has 0 bridgehead atoms. The number of carbonyl (C=O) groups excluding carboxylic acids is 2. The molecule has 0 N–H and O–H groups in total. The van der Waals surface area contributed by atoms with E-state index in [9.17, 15) is 9.59 Å². The number of epoxide rings is 1. The lowest BCUT2D eigenvalue weighted by Crippen LogP contribution is -2.15. The van der Waals surface area contributed by atoms with Crippen LogP contribution in [0.3, 0.4) is 0 Å². The summed E-state index contributed by atoms with van der Waals surface area (Å²) in [5.41, 5.74) is -0.414. The maximum absolute atomic E-state index is 11.1. The molecule has 0 aromatic rings. The number of hydrogen-bond donors (Lipinski definition) is 0. The summed E-state index contributed by atoms with van der Waals surface area (Å²) in [5.74, 6) is 5.30. The van der Waals surface area contributed by atoms with E-state index in [1.54, 1.807) is 13.0 Å². The van der Waals surface area contributed by atoms with E-state index in [1.165, 1.54) is 13.0 Å². The molecule has 0 saturated carbocycles. The maximum atomic E-state index is 11.1. The van der Waals surface area contributed by atoms with Crippen molar-refractivity contribution in [3.05, 3.63) is 12.2 Å². The van der Waals surface area contributed by atoms with E-state index < -0.39 is 11.7 Å². The van der Waals surface area contributed by atoms with Crippen molar-refractivity contribution in [2.45, 2.75) is 64.8 Å². The standard InChI is InChI=1S/C17H24O5/c1-5-20-16(19)10-8-6-7-9-15(21-14(3)18)11-12-17(4)13(2)22-17/h8,10,13,15H,5-7,9H2,1-4H3/b10-8+. The predicted octanol–water partition coefficient (Wildman–Crippen LogP) is 2.39. The lowest BCUT2D eigenvalue weighted by molar-refractivity contribution is -0.144. The van der Waals surface area contributed by atoms with Crippen LogP contribution in [0.5, 0.6) is 0 Å². The van der Waals surface area contributed by atoms with E-state index in [0.29, 0.717) is 19.4 Å². The van der Waals surface area contributed by atoms with Crippen molar-refractivity contribution in [1.82, 2.24) is 0 Å². The molecule has 1 aliphatic rings. The molecule has 0 aromatic heterocycles. The number of hydrogen-bond acceptors (Lipinski definition) is 5. The number of ether oxygens (including phenoxy) is 3. The molecule has 1 aliphatic heterocycles. The zero-order valence-corrected chi connectivity index (χ0v) is 13.7. The minimum absolute atomic E-state index is 0.116. The first-order chi connectivity index (χ1) is 10.4. The van der Waals surface area contributed by atoms with Gasteiger partial charge in [0.05, 0.1) is 12.7 Å². The zero-order chi connectivity index (χ0) is 16.6.